The SMILES string of the molecule is CCCCNC(=O)[C@H](C)N(Cc1ccc(Cl)cc1Cl)C(=O)CCN1C(=O)[C@H]2CC=CC[C@H]2C1=O. The van der Waals surface area contributed by atoms with Gasteiger partial charge in [0.1, 0.15) is 6.04 Å². The molecule has 0 radical (unpaired) electrons. The van der Waals surface area contributed by atoms with Gasteiger partial charge in [-0.2, -0.15) is 0 Å². The van der Waals surface area contributed by atoms with Crippen molar-refractivity contribution in [2.75, 3.05) is 13.1 Å². The number of rotatable bonds is 10. The van der Waals surface area contributed by atoms with E-state index in [2.05, 4.69) is 5.32 Å². The number of hydrogen-bond acceptors (Lipinski definition) is 4. The topological polar surface area (TPSA) is 86.8 Å². The van der Waals surface area contributed by atoms with Crippen molar-refractivity contribution in [3.05, 3.63) is 46.0 Å². The number of halogens is 2. The van der Waals surface area contributed by atoms with E-state index in [1.165, 1.54) is 9.80 Å². The summed E-state index contributed by atoms with van der Waals surface area (Å²) < 4.78 is 0. The molecule has 2 aliphatic rings. The smallest absolute Gasteiger partial charge is 0.242 e. The van der Waals surface area contributed by atoms with Gasteiger partial charge in [0.05, 0.1) is 11.8 Å². The summed E-state index contributed by atoms with van der Waals surface area (Å²) in [5, 5.41) is 3.73. The Labute approximate surface area is 210 Å². The molecule has 1 heterocycles. The first kappa shape index (κ1) is 26.2. The van der Waals surface area contributed by atoms with Crippen LogP contribution in [0.2, 0.25) is 10.0 Å². The summed E-state index contributed by atoms with van der Waals surface area (Å²) in [6.07, 6.45) is 6.67. The lowest BCUT2D eigenvalue weighted by Gasteiger charge is -2.29. The molecular weight excluding hydrogens is 477 g/mol. The van der Waals surface area contributed by atoms with E-state index in [1.807, 2.05) is 19.1 Å². The first-order valence-electron chi connectivity index (χ1n) is 11.8. The number of unbranched alkanes of at least 4 members (excludes halogenated alkanes) is 1. The molecule has 184 valence electrons. The summed E-state index contributed by atoms with van der Waals surface area (Å²) in [6, 6.07) is 4.23. The number of nitrogens with one attached hydrogen (secondary N) is 1. The second-order valence-corrected chi connectivity index (χ2v) is 9.66. The zero-order valence-electron chi connectivity index (χ0n) is 19.6. The van der Waals surface area contributed by atoms with Crippen LogP contribution in [0.25, 0.3) is 0 Å². The number of hydrogen-bond donors (Lipinski definition) is 1. The van der Waals surface area contributed by atoms with Crippen molar-refractivity contribution in [1.29, 1.82) is 0 Å². The van der Waals surface area contributed by atoms with Crippen LogP contribution in [0.15, 0.2) is 30.4 Å². The molecule has 1 aliphatic heterocycles. The Balaban J connectivity index is 1.72. The second kappa shape index (κ2) is 11.8. The number of benzene rings is 1. The summed E-state index contributed by atoms with van der Waals surface area (Å²) >= 11 is 12.3. The maximum Gasteiger partial charge on any atom is 0.242 e. The number of imide groups is 1. The Morgan fingerprint density at radius 1 is 1.15 bits per heavy atom. The van der Waals surface area contributed by atoms with Crippen molar-refractivity contribution in [3.63, 3.8) is 0 Å². The molecule has 3 atom stereocenters. The van der Waals surface area contributed by atoms with Gasteiger partial charge in [-0.15, -0.1) is 0 Å². The Kier molecular flexibility index (Phi) is 9.14. The van der Waals surface area contributed by atoms with Crippen LogP contribution >= 0.6 is 23.2 Å². The Morgan fingerprint density at radius 3 is 2.38 bits per heavy atom. The average Bonchev–Trinajstić information content (AvgIpc) is 3.06. The molecule has 1 aromatic rings. The molecule has 34 heavy (non-hydrogen) atoms. The number of carbonyl (C=O) groups excluding carboxylic acids is 4. The summed E-state index contributed by atoms with van der Waals surface area (Å²) in [5.74, 6) is -1.70. The lowest BCUT2D eigenvalue weighted by Crippen LogP contribution is -2.48. The minimum Gasteiger partial charge on any atom is -0.354 e. The quantitative estimate of drug-likeness (QED) is 0.295. The number of likely N-dealkylation sites (tertiary alicyclic amines) is 1. The monoisotopic (exact) mass is 507 g/mol. The summed E-state index contributed by atoms with van der Waals surface area (Å²) in [7, 11) is 0. The molecule has 1 aromatic carbocycles. The second-order valence-electron chi connectivity index (χ2n) is 8.81. The molecule has 0 saturated carbocycles. The van der Waals surface area contributed by atoms with Crippen LogP contribution in [0.5, 0.6) is 0 Å². The van der Waals surface area contributed by atoms with Crippen LogP contribution in [0.3, 0.4) is 0 Å². The zero-order chi connectivity index (χ0) is 24.8. The molecule has 1 saturated heterocycles. The molecule has 0 aromatic heterocycles. The van der Waals surface area contributed by atoms with E-state index >= 15 is 0 Å². The first-order valence-corrected chi connectivity index (χ1v) is 12.5. The highest BCUT2D eigenvalue weighted by Gasteiger charge is 2.47. The largest absolute Gasteiger partial charge is 0.354 e. The van der Waals surface area contributed by atoms with Crippen molar-refractivity contribution >= 4 is 46.8 Å². The van der Waals surface area contributed by atoms with Crippen molar-refractivity contribution in [3.8, 4) is 0 Å². The maximum atomic E-state index is 13.3. The van der Waals surface area contributed by atoms with Gasteiger partial charge in [-0.1, -0.05) is 54.8 Å². The molecule has 1 fully saturated rings. The number of amides is 4. The Morgan fingerprint density at radius 2 is 1.79 bits per heavy atom. The molecular formula is C25H31Cl2N3O4. The van der Waals surface area contributed by atoms with Crippen LogP contribution in [-0.4, -0.2) is 52.6 Å². The van der Waals surface area contributed by atoms with Gasteiger partial charge in [0, 0.05) is 36.1 Å². The fourth-order valence-corrected chi connectivity index (χ4v) is 4.86. The lowest BCUT2D eigenvalue weighted by atomic mass is 9.85. The van der Waals surface area contributed by atoms with Gasteiger partial charge >= 0.3 is 0 Å². The highest BCUT2D eigenvalue weighted by Crippen LogP contribution is 2.35. The summed E-state index contributed by atoms with van der Waals surface area (Å²) in [6.45, 7) is 4.32. The first-order chi connectivity index (χ1) is 16.2. The molecule has 9 heteroatoms. The minimum atomic E-state index is -0.757. The van der Waals surface area contributed by atoms with Gasteiger partial charge in [-0.05, 0) is 43.9 Å². The fraction of sp³-hybridized carbons (Fsp3) is 0.520. The van der Waals surface area contributed by atoms with E-state index in [0.29, 0.717) is 35.0 Å². The van der Waals surface area contributed by atoms with E-state index in [4.69, 9.17) is 23.2 Å². The van der Waals surface area contributed by atoms with Gasteiger partial charge < -0.3 is 10.2 Å². The van der Waals surface area contributed by atoms with E-state index in [0.717, 1.165) is 12.8 Å². The number of carbonyl (C=O) groups is 4. The van der Waals surface area contributed by atoms with Crippen LogP contribution in [0.4, 0.5) is 0 Å². The van der Waals surface area contributed by atoms with E-state index in [-0.39, 0.29) is 55.0 Å². The number of fused-ring (bicyclic) bond motifs is 1. The molecule has 0 spiro atoms. The van der Waals surface area contributed by atoms with Gasteiger partial charge in [0.2, 0.25) is 23.6 Å². The molecule has 1 aliphatic carbocycles. The van der Waals surface area contributed by atoms with E-state index in [1.54, 1.807) is 25.1 Å². The Hall–Kier alpha value is -2.38. The zero-order valence-corrected chi connectivity index (χ0v) is 21.1. The molecule has 7 nitrogen and oxygen atoms in total. The van der Waals surface area contributed by atoms with E-state index < -0.39 is 6.04 Å². The maximum absolute atomic E-state index is 13.3. The molecule has 0 unspecified atom stereocenters. The van der Waals surface area contributed by atoms with Crippen molar-refractivity contribution in [2.45, 2.75) is 58.5 Å². The van der Waals surface area contributed by atoms with Crippen molar-refractivity contribution in [2.24, 2.45) is 11.8 Å². The van der Waals surface area contributed by atoms with Gasteiger partial charge in [-0.3, -0.25) is 24.1 Å². The highest BCUT2D eigenvalue weighted by atomic mass is 35.5. The Bertz CT molecular complexity index is 955. The average molecular weight is 508 g/mol. The minimum absolute atomic E-state index is 0.00146. The molecule has 4 amide bonds. The predicted octanol–water partition coefficient (Wildman–Crippen LogP) is 3.97. The molecule has 1 N–H and O–H groups in total. The van der Waals surface area contributed by atoms with E-state index in [9.17, 15) is 19.2 Å². The van der Waals surface area contributed by atoms with Crippen molar-refractivity contribution in [1.82, 2.24) is 15.1 Å². The van der Waals surface area contributed by atoms with Crippen LogP contribution in [-0.2, 0) is 25.7 Å². The predicted molar refractivity (Wildman–Crippen MR) is 131 cm³/mol. The third kappa shape index (κ3) is 5.99. The van der Waals surface area contributed by atoms with Gasteiger partial charge in [0.15, 0.2) is 0 Å². The van der Waals surface area contributed by atoms with Gasteiger partial charge in [-0.25, -0.2) is 0 Å². The fourth-order valence-electron chi connectivity index (χ4n) is 4.39. The lowest BCUT2D eigenvalue weighted by molar-refractivity contribution is -0.143. The molecule has 0 bridgehead atoms. The molecule has 3 rings (SSSR count). The summed E-state index contributed by atoms with van der Waals surface area (Å²) in [5.41, 5.74) is 0.651. The van der Waals surface area contributed by atoms with Crippen LogP contribution < -0.4 is 5.32 Å². The van der Waals surface area contributed by atoms with Crippen molar-refractivity contribution < 1.29 is 19.2 Å². The van der Waals surface area contributed by atoms with Gasteiger partial charge in [0.25, 0.3) is 0 Å². The van der Waals surface area contributed by atoms with Crippen LogP contribution in [0, 0.1) is 11.8 Å². The normalized spacial score (nSPS) is 20.3. The summed E-state index contributed by atoms with van der Waals surface area (Å²) in [4.78, 5) is 54.2. The van der Waals surface area contributed by atoms with Crippen LogP contribution in [0.1, 0.15) is 51.5 Å². The highest BCUT2D eigenvalue weighted by molar-refractivity contribution is 6.35. The third-order valence-corrected chi connectivity index (χ3v) is 7.09. The standard InChI is InChI=1S/C25H31Cl2N3O4/c1-3-4-12-28-23(32)16(2)30(15-17-9-10-18(26)14-21(17)27)22(31)11-13-29-24(33)19-7-5-6-8-20(19)25(29)34/h5-6,9-10,14,16,19-20H,3-4,7-8,11-13,15H2,1-2H3,(H,28,32)/t16-,19-,20+/m0/s1. The third-order valence-electron chi connectivity index (χ3n) is 6.50. The number of allylic oxidation sites excluding steroid dienone is 2. The number of nitrogens with zero attached hydrogens (tertiary/aromatic N) is 2.